The van der Waals surface area contributed by atoms with E-state index in [1.807, 2.05) is 0 Å². The molecule has 2 rings (SSSR count). The smallest absolute Gasteiger partial charge is 0.247 e. The van der Waals surface area contributed by atoms with Crippen molar-refractivity contribution in [1.29, 1.82) is 0 Å². The molecule has 2 N–H and O–H groups in total. The molecule has 24 heavy (non-hydrogen) atoms. The molecule has 0 fully saturated rings. The van der Waals surface area contributed by atoms with Gasteiger partial charge in [0.15, 0.2) is 0 Å². The highest BCUT2D eigenvalue weighted by Crippen LogP contribution is 2.36. The molecular weight excluding hydrogens is 353 g/mol. The zero-order valence-electron chi connectivity index (χ0n) is 13.4. The van der Waals surface area contributed by atoms with E-state index in [1.165, 1.54) is 20.4 Å². The lowest BCUT2D eigenvalue weighted by atomic mass is 10.2. The first-order chi connectivity index (χ1) is 11.4. The minimum absolute atomic E-state index is 0.265. The zero-order valence-corrected chi connectivity index (χ0v) is 14.9. The van der Waals surface area contributed by atoms with Crippen molar-refractivity contribution in [2.75, 3.05) is 24.9 Å². The molecule has 0 spiro atoms. The topological polar surface area (TPSA) is 72.5 Å². The molecule has 2 aromatic rings. The SMILES string of the molecule is COc1cc(OC)c(N[C@H](C)C(=O)Nc2ccc(Cl)cn2)cc1Cl. The summed E-state index contributed by atoms with van der Waals surface area (Å²) >= 11 is 11.9. The summed E-state index contributed by atoms with van der Waals surface area (Å²) in [5.74, 6) is 1.15. The Hall–Kier alpha value is -2.18. The standard InChI is InChI=1S/C16H17Cl2N3O3/c1-9(16(22)21-15-5-4-10(17)8-19-15)20-12-6-11(18)13(23-2)7-14(12)24-3/h4-9,20H,1-3H3,(H,19,21,22)/t9-/m1/s1. The van der Waals surface area contributed by atoms with Crippen LogP contribution in [0.25, 0.3) is 0 Å². The van der Waals surface area contributed by atoms with Crippen molar-refractivity contribution >= 4 is 40.6 Å². The Labute approximate surface area is 150 Å². The van der Waals surface area contributed by atoms with Gasteiger partial charge in [-0.05, 0) is 25.1 Å². The molecule has 6 nitrogen and oxygen atoms in total. The fourth-order valence-corrected chi connectivity index (χ4v) is 2.31. The molecule has 1 amide bonds. The van der Waals surface area contributed by atoms with Gasteiger partial charge < -0.3 is 20.1 Å². The molecule has 0 aliphatic carbocycles. The Bertz CT molecular complexity index is 723. The van der Waals surface area contributed by atoms with Crippen LogP contribution in [0.5, 0.6) is 11.5 Å². The van der Waals surface area contributed by atoms with Crippen molar-refractivity contribution in [2.24, 2.45) is 0 Å². The van der Waals surface area contributed by atoms with Gasteiger partial charge in [-0.1, -0.05) is 23.2 Å². The number of nitrogens with one attached hydrogen (secondary N) is 2. The molecular formula is C16H17Cl2N3O3. The Morgan fingerprint density at radius 1 is 1.17 bits per heavy atom. The summed E-state index contributed by atoms with van der Waals surface area (Å²) in [7, 11) is 3.04. The maximum Gasteiger partial charge on any atom is 0.247 e. The van der Waals surface area contributed by atoms with Crippen molar-refractivity contribution in [1.82, 2.24) is 4.98 Å². The average molecular weight is 370 g/mol. The summed E-state index contributed by atoms with van der Waals surface area (Å²) in [5, 5.41) is 6.66. The van der Waals surface area contributed by atoms with E-state index in [2.05, 4.69) is 15.6 Å². The monoisotopic (exact) mass is 369 g/mol. The molecule has 0 saturated heterocycles. The molecule has 0 radical (unpaired) electrons. The van der Waals surface area contributed by atoms with Gasteiger partial charge in [0.05, 0.1) is 30.0 Å². The van der Waals surface area contributed by atoms with Gasteiger partial charge in [-0.25, -0.2) is 4.98 Å². The highest BCUT2D eigenvalue weighted by Gasteiger charge is 2.17. The fourth-order valence-electron chi connectivity index (χ4n) is 1.96. The number of halogens is 2. The van der Waals surface area contributed by atoms with E-state index in [4.69, 9.17) is 32.7 Å². The van der Waals surface area contributed by atoms with E-state index in [1.54, 1.807) is 31.2 Å². The molecule has 0 aliphatic rings. The number of hydrogen-bond donors (Lipinski definition) is 2. The van der Waals surface area contributed by atoms with Gasteiger partial charge in [-0.15, -0.1) is 0 Å². The third kappa shape index (κ3) is 4.43. The van der Waals surface area contributed by atoms with Crippen molar-refractivity contribution in [2.45, 2.75) is 13.0 Å². The van der Waals surface area contributed by atoms with Gasteiger partial charge in [0, 0.05) is 12.3 Å². The van der Waals surface area contributed by atoms with Gasteiger partial charge in [-0.3, -0.25) is 4.79 Å². The number of anilines is 2. The van der Waals surface area contributed by atoms with Crippen LogP contribution in [0.3, 0.4) is 0 Å². The van der Waals surface area contributed by atoms with E-state index in [-0.39, 0.29) is 5.91 Å². The normalized spacial score (nSPS) is 11.5. The van der Waals surface area contributed by atoms with Crippen LogP contribution in [0.2, 0.25) is 10.0 Å². The van der Waals surface area contributed by atoms with E-state index >= 15 is 0 Å². The molecule has 0 aliphatic heterocycles. The molecule has 1 aromatic carbocycles. The van der Waals surface area contributed by atoms with Crippen LogP contribution in [0.1, 0.15) is 6.92 Å². The first-order valence-corrected chi connectivity index (χ1v) is 7.80. The number of nitrogens with zero attached hydrogens (tertiary/aromatic N) is 1. The van der Waals surface area contributed by atoms with Crippen LogP contribution >= 0.6 is 23.2 Å². The highest BCUT2D eigenvalue weighted by atomic mass is 35.5. The van der Waals surface area contributed by atoms with E-state index < -0.39 is 6.04 Å². The molecule has 0 saturated carbocycles. The molecule has 1 heterocycles. The van der Waals surface area contributed by atoms with Crippen LogP contribution in [0.4, 0.5) is 11.5 Å². The van der Waals surface area contributed by atoms with E-state index in [0.717, 1.165) is 0 Å². The number of hydrogen-bond acceptors (Lipinski definition) is 5. The van der Waals surface area contributed by atoms with Crippen LogP contribution in [-0.4, -0.2) is 31.2 Å². The number of pyridine rings is 1. The predicted molar refractivity (Wildman–Crippen MR) is 95.5 cm³/mol. The third-order valence-electron chi connectivity index (χ3n) is 3.22. The zero-order chi connectivity index (χ0) is 17.7. The van der Waals surface area contributed by atoms with Gasteiger partial charge in [0.2, 0.25) is 5.91 Å². The molecule has 1 atom stereocenters. The fraction of sp³-hybridized carbons (Fsp3) is 0.250. The van der Waals surface area contributed by atoms with Crippen LogP contribution in [0.15, 0.2) is 30.5 Å². The number of benzene rings is 1. The van der Waals surface area contributed by atoms with Crippen LogP contribution in [-0.2, 0) is 4.79 Å². The minimum atomic E-state index is -0.555. The van der Waals surface area contributed by atoms with Crippen molar-refractivity contribution < 1.29 is 14.3 Å². The van der Waals surface area contributed by atoms with Crippen molar-refractivity contribution in [3.63, 3.8) is 0 Å². The van der Waals surface area contributed by atoms with Crippen molar-refractivity contribution in [3.8, 4) is 11.5 Å². The van der Waals surface area contributed by atoms with E-state index in [0.29, 0.717) is 33.0 Å². The first kappa shape index (κ1) is 18.2. The number of methoxy groups -OCH3 is 2. The van der Waals surface area contributed by atoms with Gasteiger partial charge in [-0.2, -0.15) is 0 Å². The molecule has 0 bridgehead atoms. The number of ether oxygens (including phenoxy) is 2. The quantitative estimate of drug-likeness (QED) is 0.808. The number of amides is 1. The molecule has 1 aromatic heterocycles. The summed E-state index contributed by atoms with van der Waals surface area (Å²) in [6.45, 7) is 1.71. The summed E-state index contributed by atoms with van der Waals surface area (Å²) in [5.41, 5.74) is 0.579. The maximum atomic E-state index is 12.3. The van der Waals surface area contributed by atoms with Crippen LogP contribution in [0, 0.1) is 0 Å². The second kappa shape index (κ2) is 8.08. The number of aromatic nitrogens is 1. The summed E-state index contributed by atoms with van der Waals surface area (Å²) in [6.07, 6.45) is 1.46. The summed E-state index contributed by atoms with van der Waals surface area (Å²) in [4.78, 5) is 16.3. The van der Waals surface area contributed by atoms with E-state index in [9.17, 15) is 4.79 Å². The molecule has 8 heteroatoms. The summed E-state index contributed by atoms with van der Waals surface area (Å²) < 4.78 is 10.4. The number of rotatable bonds is 6. The number of carbonyl (C=O) groups is 1. The van der Waals surface area contributed by atoms with Crippen molar-refractivity contribution in [3.05, 3.63) is 40.5 Å². The van der Waals surface area contributed by atoms with Gasteiger partial charge >= 0.3 is 0 Å². The average Bonchev–Trinajstić information content (AvgIpc) is 2.57. The largest absolute Gasteiger partial charge is 0.495 e. The van der Waals surface area contributed by atoms with Gasteiger partial charge in [0.1, 0.15) is 23.4 Å². The lowest BCUT2D eigenvalue weighted by Crippen LogP contribution is -2.32. The number of carbonyl (C=O) groups excluding carboxylic acids is 1. The highest BCUT2D eigenvalue weighted by molar-refractivity contribution is 6.32. The lowest BCUT2D eigenvalue weighted by Gasteiger charge is -2.18. The van der Waals surface area contributed by atoms with Gasteiger partial charge in [0.25, 0.3) is 0 Å². The van der Waals surface area contributed by atoms with Crippen LogP contribution < -0.4 is 20.1 Å². The minimum Gasteiger partial charge on any atom is -0.495 e. The second-order valence-electron chi connectivity index (χ2n) is 4.90. The summed E-state index contributed by atoms with van der Waals surface area (Å²) in [6, 6.07) is 6.01. The first-order valence-electron chi connectivity index (χ1n) is 7.05. The third-order valence-corrected chi connectivity index (χ3v) is 3.74. The Kier molecular flexibility index (Phi) is 6.11. The maximum absolute atomic E-state index is 12.3. The predicted octanol–water partition coefficient (Wildman–Crippen LogP) is 3.84. The Morgan fingerprint density at radius 2 is 1.88 bits per heavy atom. The Morgan fingerprint density at radius 3 is 2.46 bits per heavy atom. The lowest BCUT2D eigenvalue weighted by molar-refractivity contribution is -0.116. The Balaban J connectivity index is 2.10. The molecule has 128 valence electrons. The molecule has 0 unspecified atom stereocenters. The second-order valence-corrected chi connectivity index (χ2v) is 5.75.